The van der Waals surface area contributed by atoms with Gasteiger partial charge < -0.3 is 0 Å². The standard InChI is InChI=1S/C13H16FNO3S2/c1-2-19-12-8-10(9-14)13(16)15(12)20(17,18)11-6-4-3-5-7-11/h3-7,10,12H,2,8-9H2,1H3. The van der Waals surface area contributed by atoms with Crippen LogP contribution in [0, 0.1) is 5.92 Å². The summed E-state index contributed by atoms with van der Waals surface area (Å²) in [5, 5.41) is -0.515. The predicted molar refractivity (Wildman–Crippen MR) is 76.5 cm³/mol. The Bertz CT molecular complexity index is 577. The molecule has 110 valence electrons. The number of hydrogen-bond acceptors (Lipinski definition) is 4. The van der Waals surface area contributed by atoms with E-state index in [1.807, 2.05) is 6.92 Å². The Morgan fingerprint density at radius 2 is 2.00 bits per heavy atom. The summed E-state index contributed by atoms with van der Waals surface area (Å²) in [5.41, 5.74) is 0. The maximum Gasteiger partial charge on any atom is 0.267 e. The van der Waals surface area contributed by atoms with Gasteiger partial charge in [0.1, 0.15) is 6.67 Å². The molecule has 1 aromatic rings. The fourth-order valence-corrected chi connectivity index (χ4v) is 5.22. The van der Waals surface area contributed by atoms with Crippen LogP contribution >= 0.6 is 11.8 Å². The topological polar surface area (TPSA) is 54.5 Å². The molecule has 1 aliphatic heterocycles. The SMILES string of the molecule is CCSC1CC(CF)C(=O)N1S(=O)(=O)c1ccccc1. The van der Waals surface area contributed by atoms with E-state index >= 15 is 0 Å². The van der Waals surface area contributed by atoms with E-state index in [0.717, 1.165) is 4.31 Å². The summed E-state index contributed by atoms with van der Waals surface area (Å²) in [6.07, 6.45) is 0.236. The van der Waals surface area contributed by atoms with Gasteiger partial charge in [0.05, 0.1) is 16.2 Å². The smallest absolute Gasteiger partial charge is 0.267 e. The zero-order valence-corrected chi connectivity index (χ0v) is 12.7. The molecule has 1 aliphatic rings. The lowest BCUT2D eigenvalue weighted by Crippen LogP contribution is -2.38. The molecule has 2 atom stereocenters. The van der Waals surface area contributed by atoms with E-state index in [-0.39, 0.29) is 11.3 Å². The molecule has 1 saturated heterocycles. The van der Waals surface area contributed by atoms with Gasteiger partial charge in [-0.2, -0.15) is 0 Å². The highest BCUT2D eigenvalue weighted by Gasteiger charge is 2.46. The lowest BCUT2D eigenvalue weighted by molar-refractivity contribution is -0.127. The molecule has 0 spiro atoms. The number of alkyl halides is 1. The summed E-state index contributed by atoms with van der Waals surface area (Å²) >= 11 is 1.35. The lowest BCUT2D eigenvalue weighted by Gasteiger charge is -2.23. The van der Waals surface area contributed by atoms with Gasteiger partial charge in [0.2, 0.25) is 5.91 Å². The highest BCUT2D eigenvalue weighted by atomic mass is 32.2. The van der Waals surface area contributed by atoms with Crippen LogP contribution < -0.4 is 0 Å². The van der Waals surface area contributed by atoms with Gasteiger partial charge in [-0.3, -0.25) is 9.18 Å². The highest BCUT2D eigenvalue weighted by molar-refractivity contribution is 8.00. The average molecular weight is 317 g/mol. The Hall–Kier alpha value is -1.08. The third-order valence-corrected chi connectivity index (χ3v) is 6.23. The van der Waals surface area contributed by atoms with Crippen molar-refractivity contribution in [1.29, 1.82) is 0 Å². The number of thioether (sulfide) groups is 1. The van der Waals surface area contributed by atoms with Gasteiger partial charge in [-0.05, 0) is 24.3 Å². The summed E-state index contributed by atoms with van der Waals surface area (Å²) in [5.74, 6) is -0.822. The van der Waals surface area contributed by atoms with Gasteiger partial charge in [0.15, 0.2) is 0 Å². The largest absolute Gasteiger partial charge is 0.273 e. The summed E-state index contributed by atoms with van der Waals surface area (Å²) < 4.78 is 38.9. The first kappa shape index (κ1) is 15.3. The summed E-state index contributed by atoms with van der Waals surface area (Å²) in [6.45, 7) is 1.06. The Morgan fingerprint density at radius 3 is 2.55 bits per heavy atom. The maximum absolute atomic E-state index is 12.9. The van der Waals surface area contributed by atoms with E-state index in [4.69, 9.17) is 0 Å². The van der Waals surface area contributed by atoms with Gasteiger partial charge in [0, 0.05) is 0 Å². The van der Waals surface area contributed by atoms with Crippen molar-refractivity contribution in [3.05, 3.63) is 30.3 Å². The van der Waals surface area contributed by atoms with Gasteiger partial charge in [-0.25, -0.2) is 12.7 Å². The van der Waals surface area contributed by atoms with Gasteiger partial charge in [-0.15, -0.1) is 11.8 Å². The Morgan fingerprint density at radius 1 is 1.35 bits per heavy atom. The minimum absolute atomic E-state index is 0.0644. The van der Waals surface area contributed by atoms with Crippen LogP contribution in [-0.4, -0.2) is 36.4 Å². The minimum atomic E-state index is -3.91. The van der Waals surface area contributed by atoms with Crippen molar-refractivity contribution in [1.82, 2.24) is 4.31 Å². The first-order valence-corrected chi connectivity index (χ1v) is 8.82. The highest BCUT2D eigenvalue weighted by Crippen LogP contribution is 2.36. The number of sulfonamides is 1. The Kier molecular flexibility index (Phi) is 4.70. The third kappa shape index (κ3) is 2.69. The first-order chi connectivity index (χ1) is 9.52. The zero-order chi connectivity index (χ0) is 14.8. The monoisotopic (exact) mass is 317 g/mol. The average Bonchev–Trinajstić information content (AvgIpc) is 2.77. The molecule has 0 aliphatic carbocycles. The van der Waals surface area contributed by atoms with Crippen LogP contribution in [0.25, 0.3) is 0 Å². The lowest BCUT2D eigenvalue weighted by atomic mass is 10.1. The van der Waals surface area contributed by atoms with Crippen LogP contribution in [0.3, 0.4) is 0 Å². The number of amides is 1. The van der Waals surface area contributed by atoms with Crippen molar-refractivity contribution in [2.24, 2.45) is 5.92 Å². The van der Waals surface area contributed by atoms with E-state index in [2.05, 4.69) is 0 Å². The first-order valence-electron chi connectivity index (χ1n) is 6.33. The van der Waals surface area contributed by atoms with Crippen LogP contribution in [0.2, 0.25) is 0 Å². The van der Waals surface area contributed by atoms with Crippen LogP contribution in [0.1, 0.15) is 13.3 Å². The number of nitrogens with zero attached hydrogens (tertiary/aromatic N) is 1. The molecule has 1 aromatic carbocycles. The summed E-state index contributed by atoms with van der Waals surface area (Å²) in [4.78, 5) is 12.2. The van der Waals surface area contributed by atoms with Crippen molar-refractivity contribution >= 4 is 27.7 Å². The molecule has 0 N–H and O–H groups in total. The van der Waals surface area contributed by atoms with Crippen molar-refractivity contribution in [3.8, 4) is 0 Å². The molecule has 7 heteroatoms. The zero-order valence-electron chi connectivity index (χ0n) is 11.0. The van der Waals surface area contributed by atoms with Crippen LogP contribution in [0.4, 0.5) is 4.39 Å². The Balaban J connectivity index is 2.40. The second-order valence-electron chi connectivity index (χ2n) is 4.45. The van der Waals surface area contributed by atoms with Gasteiger partial charge in [0.25, 0.3) is 10.0 Å². The molecule has 0 aromatic heterocycles. The molecule has 1 fully saturated rings. The molecule has 0 bridgehead atoms. The van der Waals surface area contributed by atoms with E-state index in [9.17, 15) is 17.6 Å². The molecule has 0 saturated carbocycles. The second-order valence-corrected chi connectivity index (χ2v) is 7.72. The summed E-state index contributed by atoms with van der Waals surface area (Å²) in [6, 6.07) is 7.79. The molecular weight excluding hydrogens is 301 g/mol. The molecule has 2 unspecified atom stereocenters. The fourth-order valence-electron chi connectivity index (χ4n) is 2.20. The number of hydrogen-bond donors (Lipinski definition) is 0. The summed E-state index contributed by atoms with van der Waals surface area (Å²) in [7, 11) is -3.91. The van der Waals surface area contributed by atoms with Crippen molar-refractivity contribution in [3.63, 3.8) is 0 Å². The predicted octanol–water partition coefficient (Wildman–Crippen LogP) is 2.27. The molecule has 1 amide bonds. The number of carbonyl (C=O) groups excluding carboxylic acids is 1. The van der Waals surface area contributed by atoms with E-state index in [0.29, 0.717) is 5.75 Å². The number of benzene rings is 1. The van der Waals surface area contributed by atoms with Crippen LogP contribution in [0.15, 0.2) is 35.2 Å². The fraction of sp³-hybridized carbons (Fsp3) is 0.462. The van der Waals surface area contributed by atoms with Gasteiger partial charge >= 0.3 is 0 Å². The van der Waals surface area contributed by atoms with E-state index in [1.54, 1.807) is 18.2 Å². The molecule has 4 nitrogen and oxygen atoms in total. The molecule has 1 heterocycles. The molecular formula is C13H16FNO3S2. The Labute approximate surface area is 122 Å². The third-order valence-electron chi connectivity index (χ3n) is 3.16. The van der Waals surface area contributed by atoms with Crippen LogP contribution in [-0.2, 0) is 14.8 Å². The minimum Gasteiger partial charge on any atom is -0.273 e. The number of rotatable bonds is 5. The quantitative estimate of drug-likeness (QED) is 0.836. The molecule has 20 heavy (non-hydrogen) atoms. The van der Waals surface area contributed by atoms with Crippen molar-refractivity contribution < 1.29 is 17.6 Å². The van der Waals surface area contributed by atoms with Crippen LogP contribution in [0.5, 0.6) is 0 Å². The number of carbonyl (C=O) groups is 1. The second kappa shape index (κ2) is 6.13. The normalized spacial score (nSPS) is 23.3. The van der Waals surface area contributed by atoms with Gasteiger partial charge in [-0.1, -0.05) is 25.1 Å². The number of halogens is 1. The maximum atomic E-state index is 12.9. The molecule has 2 rings (SSSR count). The van der Waals surface area contributed by atoms with Crippen molar-refractivity contribution in [2.75, 3.05) is 12.4 Å². The molecule has 0 radical (unpaired) electrons. The van der Waals surface area contributed by atoms with E-state index < -0.39 is 33.9 Å². The van der Waals surface area contributed by atoms with Crippen molar-refractivity contribution in [2.45, 2.75) is 23.6 Å². The van der Waals surface area contributed by atoms with E-state index in [1.165, 1.54) is 23.9 Å².